The Bertz CT molecular complexity index is 2410. The number of anilines is 4. The highest BCUT2D eigenvalue weighted by molar-refractivity contribution is 6.00. The lowest BCUT2D eigenvalue weighted by molar-refractivity contribution is 0.178. The minimum absolute atomic E-state index is 0.0461. The molecule has 0 saturated carbocycles. The maximum Gasteiger partial charge on any atom is 0.414 e. The van der Waals surface area contributed by atoms with E-state index in [0.717, 1.165) is 21.5 Å². The van der Waals surface area contributed by atoms with E-state index >= 15 is 0 Å². The summed E-state index contributed by atoms with van der Waals surface area (Å²) < 4.78 is 19.4. The molecule has 2 heterocycles. The van der Waals surface area contributed by atoms with Crippen molar-refractivity contribution >= 4 is 90.7 Å². The molecule has 0 aliphatic rings. The van der Waals surface area contributed by atoms with Crippen molar-refractivity contribution in [2.75, 3.05) is 62.0 Å². The Hall–Kier alpha value is -7.58. The molecule has 0 unspecified atom stereocenters. The van der Waals surface area contributed by atoms with Crippen LogP contribution in [0.15, 0.2) is 84.9 Å². The van der Waals surface area contributed by atoms with Crippen LogP contribution in [0.3, 0.4) is 0 Å². The van der Waals surface area contributed by atoms with Crippen LogP contribution < -0.4 is 20.4 Å². The standard InChI is InChI=1S/C40H32N6O8/c1-51-37(47)41-29-13-9-25-19-27-11-15-31(23-35(27)43-33(25)21-29)45(39(49)53-3)17-7-5-6-8-18-46(40(50)54-4)32-16-12-28-20-26-10-14-30(42-38(48)52-2)22-34(26)44-36(28)24-32/h9-16,19-24H,17-18H2,1-4H3,(H,41,47)(H,42,48). The first kappa shape index (κ1) is 36.2. The van der Waals surface area contributed by atoms with Gasteiger partial charge in [0.1, 0.15) is 0 Å². The molecule has 270 valence electrons. The molecule has 4 aromatic carbocycles. The van der Waals surface area contributed by atoms with Crippen molar-refractivity contribution in [3.8, 4) is 23.7 Å². The number of rotatable bonds is 6. The summed E-state index contributed by atoms with van der Waals surface area (Å²) in [4.78, 5) is 61.1. The molecule has 6 rings (SSSR count). The van der Waals surface area contributed by atoms with E-state index in [2.05, 4.69) is 43.8 Å². The van der Waals surface area contributed by atoms with Gasteiger partial charge in [-0.3, -0.25) is 20.4 Å². The van der Waals surface area contributed by atoms with Gasteiger partial charge in [0.25, 0.3) is 0 Å². The summed E-state index contributed by atoms with van der Waals surface area (Å²) in [6.07, 6.45) is -2.45. The second-order valence-corrected chi connectivity index (χ2v) is 11.5. The second kappa shape index (κ2) is 16.2. The molecule has 0 saturated heterocycles. The Labute approximate surface area is 308 Å². The molecular weight excluding hydrogens is 692 g/mol. The summed E-state index contributed by atoms with van der Waals surface area (Å²) in [6, 6.07) is 25.2. The summed E-state index contributed by atoms with van der Waals surface area (Å²) in [5.41, 5.74) is 4.52. The van der Waals surface area contributed by atoms with Gasteiger partial charge < -0.3 is 18.9 Å². The molecule has 0 atom stereocenters. The number of ether oxygens (including phenoxy) is 4. The molecule has 54 heavy (non-hydrogen) atoms. The lowest BCUT2D eigenvalue weighted by atomic mass is 10.1. The van der Waals surface area contributed by atoms with Gasteiger partial charge in [-0.05, 0) is 72.5 Å². The number of amides is 4. The van der Waals surface area contributed by atoms with Crippen molar-refractivity contribution in [3.63, 3.8) is 0 Å². The van der Waals surface area contributed by atoms with E-state index in [1.807, 2.05) is 36.4 Å². The number of benzene rings is 4. The van der Waals surface area contributed by atoms with Crippen LogP contribution in [-0.2, 0) is 18.9 Å². The van der Waals surface area contributed by atoms with Crippen LogP contribution in [0.4, 0.5) is 41.9 Å². The van der Waals surface area contributed by atoms with Gasteiger partial charge in [0.05, 0.1) is 75.0 Å². The molecule has 4 amide bonds. The third-order valence-corrected chi connectivity index (χ3v) is 8.18. The fourth-order valence-electron chi connectivity index (χ4n) is 5.52. The number of pyridine rings is 2. The monoisotopic (exact) mass is 724 g/mol. The molecule has 2 aromatic heterocycles. The zero-order chi connectivity index (χ0) is 38.2. The average molecular weight is 725 g/mol. The van der Waals surface area contributed by atoms with Crippen molar-refractivity contribution in [1.82, 2.24) is 9.97 Å². The SMILES string of the molecule is COC(=O)Nc1ccc2cc3ccc(N(CC#CC#CCN(C(=O)OC)c4ccc5cc6ccc(NC(=O)OC)cc6nc5c4)C(=O)OC)cc3nc2c1. The van der Waals surface area contributed by atoms with E-state index in [9.17, 15) is 19.2 Å². The van der Waals surface area contributed by atoms with E-state index in [4.69, 9.17) is 19.4 Å². The van der Waals surface area contributed by atoms with E-state index in [1.165, 1.54) is 38.2 Å². The first-order valence-corrected chi connectivity index (χ1v) is 16.3. The molecule has 0 spiro atoms. The third-order valence-electron chi connectivity index (χ3n) is 8.18. The summed E-state index contributed by atoms with van der Waals surface area (Å²) in [7, 11) is 5.12. The molecular formula is C40H32N6O8. The van der Waals surface area contributed by atoms with E-state index in [0.29, 0.717) is 44.8 Å². The Morgan fingerprint density at radius 2 is 0.889 bits per heavy atom. The number of aromatic nitrogens is 2. The fourth-order valence-corrected chi connectivity index (χ4v) is 5.52. The Morgan fingerprint density at radius 3 is 1.26 bits per heavy atom. The minimum atomic E-state index is -0.632. The Balaban J connectivity index is 1.20. The molecule has 0 aliphatic heterocycles. The summed E-state index contributed by atoms with van der Waals surface area (Å²) in [5.74, 6) is 11.2. The number of nitrogens with zero attached hydrogens (tertiary/aromatic N) is 4. The van der Waals surface area contributed by atoms with Crippen LogP contribution in [0.1, 0.15) is 0 Å². The number of fused-ring (bicyclic) bond motifs is 4. The molecule has 14 heteroatoms. The number of nitrogens with one attached hydrogen (secondary N) is 2. The predicted molar refractivity (Wildman–Crippen MR) is 206 cm³/mol. The van der Waals surface area contributed by atoms with Crippen LogP contribution in [0.25, 0.3) is 43.6 Å². The Kier molecular flexibility index (Phi) is 10.9. The quantitative estimate of drug-likeness (QED) is 0.101. The molecule has 0 aliphatic carbocycles. The molecule has 2 N–H and O–H groups in total. The molecule has 6 aromatic rings. The van der Waals surface area contributed by atoms with Gasteiger partial charge in [0.2, 0.25) is 0 Å². The van der Waals surface area contributed by atoms with Crippen molar-refractivity contribution in [1.29, 1.82) is 0 Å². The number of hydrogen-bond donors (Lipinski definition) is 2. The van der Waals surface area contributed by atoms with Gasteiger partial charge in [-0.1, -0.05) is 36.1 Å². The largest absolute Gasteiger partial charge is 0.453 e. The Morgan fingerprint density at radius 1 is 0.519 bits per heavy atom. The van der Waals surface area contributed by atoms with Crippen molar-refractivity contribution in [2.45, 2.75) is 0 Å². The number of methoxy groups -OCH3 is 4. The summed E-state index contributed by atoms with van der Waals surface area (Å²) in [5, 5.41) is 8.66. The zero-order valence-electron chi connectivity index (χ0n) is 29.6. The van der Waals surface area contributed by atoms with Crippen LogP contribution in [-0.4, -0.2) is 75.9 Å². The molecule has 14 nitrogen and oxygen atoms in total. The second-order valence-electron chi connectivity index (χ2n) is 11.5. The van der Waals surface area contributed by atoms with Gasteiger partial charge in [0.15, 0.2) is 0 Å². The molecule has 0 bridgehead atoms. The maximum absolute atomic E-state index is 12.8. The average Bonchev–Trinajstić information content (AvgIpc) is 3.19. The van der Waals surface area contributed by atoms with Gasteiger partial charge in [0, 0.05) is 32.9 Å². The van der Waals surface area contributed by atoms with Crippen molar-refractivity contribution in [2.24, 2.45) is 0 Å². The highest BCUT2D eigenvalue weighted by atomic mass is 16.6. The molecule has 0 radical (unpaired) electrons. The smallest absolute Gasteiger partial charge is 0.414 e. The van der Waals surface area contributed by atoms with E-state index < -0.39 is 24.4 Å². The fraction of sp³-hybridized carbons (Fsp3) is 0.150. The summed E-state index contributed by atoms with van der Waals surface area (Å²) in [6.45, 7) is -0.0922. The lowest BCUT2D eigenvalue weighted by Crippen LogP contribution is -2.31. The van der Waals surface area contributed by atoms with Gasteiger partial charge in [-0.2, -0.15) is 0 Å². The van der Waals surface area contributed by atoms with Crippen molar-refractivity contribution < 1.29 is 38.1 Å². The van der Waals surface area contributed by atoms with Crippen LogP contribution in [0, 0.1) is 23.7 Å². The normalized spacial score (nSPS) is 10.4. The first-order chi connectivity index (χ1) is 26.2. The topological polar surface area (TPSA) is 162 Å². The zero-order valence-corrected chi connectivity index (χ0v) is 29.6. The van der Waals surface area contributed by atoms with Crippen LogP contribution in [0.2, 0.25) is 0 Å². The minimum Gasteiger partial charge on any atom is -0.453 e. The number of hydrogen-bond acceptors (Lipinski definition) is 10. The number of carbonyl (C=O) groups excluding carboxylic acids is 4. The summed E-state index contributed by atoms with van der Waals surface area (Å²) >= 11 is 0. The molecule has 0 fully saturated rings. The van der Waals surface area contributed by atoms with Crippen LogP contribution in [0.5, 0.6) is 0 Å². The highest BCUT2D eigenvalue weighted by Gasteiger charge is 2.18. The van der Waals surface area contributed by atoms with E-state index in [1.54, 1.807) is 48.5 Å². The maximum atomic E-state index is 12.8. The predicted octanol–water partition coefficient (Wildman–Crippen LogP) is 7.30. The van der Waals surface area contributed by atoms with E-state index in [-0.39, 0.29) is 13.1 Å². The first-order valence-electron chi connectivity index (χ1n) is 16.3. The van der Waals surface area contributed by atoms with Crippen molar-refractivity contribution in [3.05, 3.63) is 84.9 Å². The third kappa shape index (κ3) is 8.14. The van der Waals surface area contributed by atoms with Crippen LogP contribution >= 0.6 is 0 Å². The van der Waals surface area contributed by atoms with Gasteiger partial charge in [-0.25, -0.2) is 29.1 Å². The van der Waals surface area contributed by atoms with Gasteiger partial charge >= 0.3 is 24.4 Å². The lowest BCUT2D eigenvalue weighted by Gasteiger charge is -2.19. The number of carbonyl (C=O) groups is 4. The van der Waals surface area contributed by atoms with Gasteiger partial charge in [-0.15, -0.1) is 0 Å². The highest BCUT2D eigenvalue weighted by Crippen LogP contribution is 2.28.